The number of carbonyl (C=O) groups excluding carboxylic acids is 1. The zero-order valence-electron chi connectivity index (χ0n) is 11.2. The van der Waals surface area contributed by atoms with Gasteiger partial charge in [-0.05, 0) is 56.2 Å². The van der Waals surface area contributed by atoms with Gasteiger partial charge in [0.25, 0.3) is 0 Å². The van der Waals surface area contributed by atoms with Crippen molar-refractivity contribution in [1.82, 2.24) is 0 Å². The van der Waals surface area contributed by atoms with Crippen molar-refractivity contribution in [3.05, 3.63) is 35.4 Å². The van der Waals surface area contributed by atoms with Crippen molar-refractivity contribution in [2.45, 2.75) is 50.3 Å². The number of aliphatic hydroxyl groups is 1. The maximum absolute atomic E-state index is 12.5. The standard InChI is InChI=1S/C15H17F3O2/c1-10(19)14(20)8-6-12(7-9-14)11-2-4-13(5-3-11)15(16,17)18/h2-5,12,20H,6-9H2,1H3. The Kier molecular flexibility index (Phi) is 3.91. The Bertz CT molecular complexity index is 483. The third-order valence-corrected chi connectivity index (χ3v) is 4.18. The van der Waals surface area contributed by atoms with Gasteiger partial charge >= 0.3 is 6.18 Å². The maximum Gasteiger partial charge on any atom is 0.416 e. The lowest BCUT2D eigenvalue weighted by Gasteiger charge is -2.34. The molecular weight excluding hydrogens is 269 g/mol. The zero-order valence-corrected chi connectivity index (χ0v) is 11.2. The Morgan fingerprint density at radius 3 is 2.10 bits per heavy atom. The van der Waals surface area contributed by atoms with Crippen LogP contribution < -0.4 is 0 Å². The van der Waals surface area contributed by atoms with Crippen LogP contribution in [0.1, 0.15) is 49.7 Å². The number of benzene rings is 1. The van der Waals surface area contributed by atoms with Gasteiger partial charge in [-0.15, -0.1) is 0 Å². The molecule has 1 fully saturated rings. The predicted molar refractivity (Wildman–Crippen MR) is 68.3 cm³/mol. The van der Waals surface area contributed by atoms with E-state index >= 15 is 0 Å². The van der Waals surface area contributed by atoms with E-state index in [4.69, 9.17) is 0 Å². The van der Waals surface area contributed by atoms with E-state index in [1.54, 1.807) is 0 Å². The highest BCUT2D eigenvalue weighted by Crippen LogP contribution is 2.39. The molecule has 0 aliphatic heterocycles. The Hall–Kier alpha value is -1.36. The lowest BCUT2D eigenvalue weighted by Crippen LogP contribution is -2.40. The second-order valence-electron chi connectivity index (χ2n) is 5.48. The van der Waals surface area contributed by atoms with E-state index in [1.807, 2.05) is 0 Å². The summed E-state index contributed by atoms with van der Waals surface area (Å²) in [4.78, 5) is 11.3. The Morgan fingerprint density at radius 2 is 1.70 bits per heavy atom. The van der Waals surface area contributed by atoms with Gasteiger partial charge in [0.05, 0.1) is 5.56 Å². The van der Waals surface area contributed by atoms with Gasteiger partial charge in [0, 0.05) is 0 Å². The summed E-state index contributed by atoms with van der Waals surface area (Å²) < 4.78 is 37.4. The van der Waals surface area contributed by atoms with Crippen molar-refractivity contribution < 1.29 is 23.1 Å². The summed E-state index contributed by atoms with van der Waals surface area (Å²) in [6.07, 6.45) is -2.36. The summed E-state index contributed by atoms with van der Waals surface area (Å²) >= 11 is 0. The highest BCUT2D eigenvalue weighted by molar-refractivity contribution is 5.84. The quantitative estimate of drug-likeness (QED) is 0.900. The molecule has 1 saturated carbocycles. The SMILES string of the molecule is CC(=O)C1(O)CCC(c2ccc(C(F)(F)F)cc2)CC1. The highest BCUT2D eigenvalue weighted by Gasteiger charge is 2.37. The first-order valence-corrected chi connectivity index (χ1v) is 6.63. The van der Waals surface area contributed by atoms with Crippen LogP contribution in [-0.2, 0) is 11.0 Å². The van der Waals surface area contributed by atoms with Gasteiger partial charge in [-0.25, -0.2) is 0 Å². The molecule has 5 heteroatoms. The highest BCUT2D eigenvalue weighted by atomic mass is 19.4. The lowest BCUT2D eigenvalue weighted by molar-refractivity contribution is -0.139. The van der Waals surface area contributed by atoms with Crippen LogP contribution in [-0.4, -0.2) is 16.5 Å². The van der Waals surface area contributed by atoms with Gasteiger partial charge in [-0.2, -0.15) is 13.2 Å². The van der Waals surface area contributed by atoms with E-state index in [-0.39, 0.29) is 11.7 Å². The molecule has 110 valence electrons. The summed E-state index contributed by atoms with van der Waals surface area (Å²) in [6, 6.07) is 5.15. The number of carbonyl (C=O) groups is 1. The van der Waals surface area contributed by atoms with Gasteiger partial charge in [0.15, 0.2) is 5.78 Å². The summed E-state index contributed by atoms with van der Waals surface area (Å²) in [5, 5.41) is 10.1. The fourth-order valence-corrected chi connectivity index (χ4v) is 2.73. The van der Waals surface area contributed by atoms with E-state index in [9.17, 15) is 23.1 Å². The minimum Gasteiger partial charge on any atom is -0.382 e. The van der Waals surface area contributed by atoms with Gasteiger partial charge in [-0.1, -0.05) is 12.1 Å². The molecule has 2 nitrogen and oxygen atoms in total. The van der Waals surface area contributed by atoms with Crippen LogP contribution in [0, 0.1) is 0 Å². The molecule has 1 aromatic carbocycles. The molecule has 0 unspecified atom stereocenters. The molecule has 0 atom stereocenters. The molecule has 0 radical (unpaired) electrons. The molecule has 0 saturated heterocycles. The van der Waals surface area contributed by atoms with E-state index in [2.05, 4.69) is 0 Å². The van der Waals surface area contributed by atoms with Crippen LogP contribution in [0.4, 0.5) is 13.2 Å². The Labute approximate surface area is 115 Å². The third-order valence-electron chi connectivity index (χ3n) is 4.18. The molecule has 0 bridgehead atoms. The molecule has 1 aliphatic carbocycles. The molecule has 0 spiro atoms. The first-order chi connectivity index (χ1) is 9.22. The smallest absolute Gasteiger partial charge is 0.382 e. The summed E-state index contributed by atoms with van der Waals surface area (Å²) in [5.74, 6) is -0.125. The van der Waals surface area contributed by atoms with Crippen molar-refractivity contribution in [2.24, 2.45) is 0 Å². The first kappa shape index (κ1) is 15.0. The second kappa shape index (κ2) is 5.20. The van der Waals surface area contributed by atoms with Gasteiger partial charge in [0.2, 0.25) is 0 Å². The molecule has 0 amide bonds. The van der Waals surface area contributed by atoms with Crippen LogP contribution in [0.5, 0.6) is 0 Å². The van der Waals surface area contributed by atoms with Crippen molar-refractivity contribution >= 4 is 5.78 Å². The largest absolute Gasteiger partial charge is 0.416 e. The predicted octanol–water partition coefficient (Wildman–Crippen LogP) is 3.68. The Balaban J connectivity index is 2.06. The van der Waals surface area contributed by atoms with Gasteiger partial charge in [-0.3, -0.25) is 4.79 Å². The third kappa shape index (κ3) is 3.03. The van der Waals surface area contributed by atoms with Crippen molar-refractivity contribution in [3.63, 3.8) is 0 Å². The topological polar surface area (TPSA) is 37.3 Å². The molecule has 2 rings (SSSR count). The summed E-state index contributed by atoms with van der Waals surface area (Å²) in [5.41, 5.74) is -1.07. The van der Waals surface area contributed by atoms with E-state index in [0.29, 0.717) is 25.7 Å². The number of alkyl halides is 3. The van der Waals surface area contributed by atoms with Crippen LogP contribution in [0.2, 0.25) is 0 Å². The molecule has 20 heavy (non-hydrogen) atoms. The number of rotatable bonds is 2. The monoisotopic (exact) mass is 286 g/mol. The van der Waals surface area contributed by atoms with Crippen LogP contribution in [0.3, 0.4) is 0 Å². The van der Waals surface area contributed by atoms with Crippen LogP contribution in [0.25, 0.3) is 0 Å². The molecule has 0 aromatic heterocycles. The molecule has 1 aromatic rings. The molecule has 0 heterocycles. The molecule has 1 N–H and O–H groups in total. The maximum atomic E-state index is 12.5. The van der Waals surface area contributed by atoms with Crippen molar-refractivity contribution in [3.8, 4) is 0 Å². The fourth-order valence-electron chi connectivity index (χ4n) is 2.73. The summed E-state index contributed by atoms with van der Waals surface area (Å²) in [7, 11) is 0. The average Bonchev–Trinajstić information content (AvgIpc) is 2.38. The van der Waals surface area contributed by atoms with Gasteiger partial charge < -0.3 is 5.11 Å². The first-order valence-electron chi connectivity index (χ1n) is 6.63. The van der Waals surface area contributed by atoms with Gasteiger partial charge in [0.1, 0.15) is 5.60 Å². The summed E-state index contributed by atoms with van der Waals surface area (Å²) in [6.45, 7) is 1.37. The zero-order chi connectivity index (χ0) is 15.0. The second-order valence-corrected chi connectivity index (χ2v) is 5.48. The number of halogens is 3. The van der Waals surface area contributed by atoms with E-state index < -0.39 is 17.3 Å². The number of Topliss-reactive ketones (excluding diaryl/α,β-unsaturated/α-hetero) is 1. The van der Waals surface area contributed by atoms with E-state index in [1.165, 1.54) is 19.1 Å². The average molecular weight is 286 g/mol. The van der Waals surface area contributed by atoms with Crippen molar-refractivity contribution in [1.29, 1.82) is 0 Å². The van der Waals surface area contributed by atoms with Crippen LogP contribution >= 0.6 is 0 Å². The number of hydrogen-bond donors (Lipinski definition) is 1. The minimum absolute atomic E-state index is 0.108. The molecule has 1 aliphatic rings. The van der Waals surface area contributed by atoms with E-state index in [0.717, 1.165) is 17.7 Å². The Morgan fingerprint density at radius 1 is 1.20 bits per heavy atom. The fraction of sp³-hybridized carbons (Fsp3) is 0.533. The molecular formula is C15H17F3O2. The minimum atomic E-state index is -4.32. The lowest BCUT2D eigenvalue weighted by atomic mass is 9.74. The number of ketones is 1. The number of hydrogen-bond acceptors (Lipinski definition) is 2. The van der Waals surface area contributed by atoms with Crippen molar-refractivity contribution in [2.75, 3.05) is 0 Å². The normalized spacial score (nSPS) is 27.4. The van der Waals surface area contributed by atoms with Crippen LogP contribution in [0.15, 0.2) is 24.3 Å².